The van der Waals surface area contributed by atoms with Gasteiger partial charge in [0.2, 0.25) is 0 Å². The van der Waals surface area contributed by atoms with Crippen molar-refractivity contribution in [2.75, 3.05) is 18.8 Å². The highest BCUT2D eigenvalue weighted by Crippen LogP contribution is 2.35. The van der Waals surface area contributed by atoms with Crippen LogP contribution in [-0.4, -0.2) is 54.3 Å². The highest BCUT2D eigenvalue weighted by atomic mass is 32.2. The standard InChI is InChI=1S/C19H21N3O3S/c1-12-18(14(7-8-21-12)13-5-3-2-4-6-13)19(23)22-9-15-16(20)11-26(24,25)17(15)10-22/h2-8,15-17H,9-11,20H2,1H3/t15-,16+,17-/m0/s1. The minimum absolute atomic E-state index is 0.0194. The summed E-state index contributed by atoms with van der Waals surface area (Å²) in [5.74, 6) is -0.335. The number of fused-ring (bicyclic) bond motifs is 1. The summed E-state index contributed by atoms with van der Waals surface area (Å²) < 4.78 is 24.6. The Morgan fingerprint density at radius 2 is 1.92 bits per heavy atom. The number of benzene rings is 1. The first kappa shape index (κ1) is 17.2. The number of aryl methyl sites for hydroxylation is 1. The van der Waals surface area contributed by atoms with E-state index in [-0.39, 0.29) is 24.1 Å². The molecule has 0 bridgehead atoms. The topological polar surface area (TPSA) is 93.4 Å². The maximum Gasteiger partial charge on any atom is 0.256 e. The SMILES string of the molecule is Cc1nccc(-c2ccccc2)c1C(=O)N1C[C@H]2[C@H](N)CS(=O)(=O)[C@H]2C1. The van der Waals surface area contributed by atoms with Crippen LogP contribution in [-0.2, 0) is 9.84 Å². The van der Waals surface area contributed by atoms with E-state index >= 15 is 0 Å². The lowest BCUT2D eigenvalue weighted by atomic mass is 9.98. The number of carbonyl (C=O) groups is 1. The number of nitrogens with two attached hydrogens (primary N) is 1. The molecule has 136 valence electrons. The summed E-state index contributed by atoms with van der Waals surface area (Å²) in [5.41, 5.74) is 8.94. The lowest BCUT2D eigenvalue weighted by Crippen LogP contribution is -2.36. The van der Waals surface area contributed by atoms with E-state index in [1.807, 2.05) is 36.4 Å². The molecule has 2 fully saturated rings. The molecule has 2 aliphatic rings. The van der Waals surface area contributed by atoms with E-state index in [9.17, 15) is 13.2 Å². The van der Waals surface area contributed by atoms with Crippen molar-refractivity contribution in [3.05, 3.63) is 53.9 Å². The molecule has 0 unspecified atom stereocenters. The number of nitrogens with zero attached hydrogens (tertiary/aromatic N) is 2. The Kier molecular flexibility index (Phi) is 4.08. The van der Waals surface area contributed by atoms with Crippen molar-refractivity contribution in [1.29, 1.82) is 0 Å². The predicted molar refractivity (Wildman–Crippen MR) is 99.4 cm³/mol. The van der Waals surface area contributed by atoms with Crippen molar-refractivity contribution in [1.82, 2.24) is 9.88 Å². The Balaban J connectivity index is 1.71. The van der Waals surface area contributed by atoms with Crippen molar-refractivity contribution < 1.29 is 13.2 Å². The van der Waals surface area contributed by atoms with Crippen molar-refractivity contribution in [2.45, 2.75) is 18.2 Å². The molecule has 3 heterocycles. The molecule has 0 aliphatic carbocycles. The Hall–Kier alpha value is -2.25. The van der Waals surface area contributed by atoms with E-state index in [1.165, 1.54) is 0 Å². The number of likely N-dealkylation sites (tertiary alicyclic amines) is 1. The van der Waals surface area contributed by atoms with E-state index in [2.05, 4.69) is 4.98 Å². The van der Waals surface area contributed by atoms with Crippen LogP contribution in [0.4, 0.5) is 0 Å². The Bertz CT molecular complexity index is 959. The zero-order valence-corrected chi connectivity index (χ0v) is 15.3. The number of sulfone groups is 1. The number of hydrogen-bond donors (Lipinski definition) is 1. The third-order valence-corrected chi connectivity index (χ3v) is 7.74. The predicted octanol–water partition coefficient (Wildman–Crippen LogP) is 1.25. The maximum atomic E-state index is 13.3. The van der Waals surface area contributed by atoms with Gasteiger partial charge in [0.15, 0.2) is 9.84 Å². The van der Waals surface area contributed by atoms with Gasteiger partial charge in [-0.1, -0.05) is 30.3 Å². The molecule has 4 rings (SSSR count). The van der Waals surface area contributed by atoms with Crippen LogP contribution in [0.5, 0.6) is 0 Å². The summed E-state index contributed by atoms with van der Waals surface area (Å²) in [6, 6.07) is 11.1. The van der Waals surface area contributed by atoms with Crippen LogP contribution in [0.1, 0.15) is 16.1 Å². The number of amides is 1. The highest BCUT2D eigenvalue weighted by molar-refractivity contribution is 7.92. The van der Waals surface area contributed by atoms with Gasteiger partial charge in [-0.25, -0.2) is 8.42 Å². The molecule has 0 spiro atoms. The van der Waals surface area contributed by atoms with Gasteiger partial charge in [0.05, 0.1) is 22.3 Å². The van der Waals surface area contributed by atoms with E-state index in [1.54, 1.807) is 18.0 Å². The number of aromatic nitrogens is 1. The first-order valence-corrected chi connectivity index (χ1v) is 10.4. The summed E-state index contributed by atoms with van der Waals surface area (Å²) in [5, 5.41) is -0.543. The van der Waals surface area contributed by atoms with Gasteiger partial charge >= 0.3 is 0 Å². The molecule has 2 N–H and O–H groups in total. The Morgan fingerprint density at radius 1 is 1.19 bits per heavy atom. The summed E-state index contributed by atoms with van der Waals surface area (Å²) in [7, 11) is -3.23. The number of rotatable bonds is 2. The third kappa shape index (κ3) is 2.71. The average molecular weight is 371 g/mol. The number of pyridine rings is 1. The molecule has 7 heteroatoms. The molecule has 0 radical (unpaired) electrons. The van der Waals surface area contributed by atoms with Crippen molar-refractivity contribution in [2.24, 2.45) is 11.7 Å². The summed E-state index contributed by atoms with van der Waals surface area (Å²) in [4.78, 5) is 19.2. The Morgan fingerprint density at radius 3 is 2.62 bits per heavy atom. The summed E-state index contributed by atoms with van der Waals surface area (Å²) in [6.45, 7) is 2.40. The van der Waals surface area contributed by atoms with Crippen molar-refractivity contribution >= 4 is 15.7 Å². The molecular weight excluding hydrogens is 350 g/mol. The second-order valence-electron chi connectivity index (χ2n) is 7.09. The van der Waals surface area contributed by atoms with Gasteiger partial charge in [-0.3, -0.25) is 9.78 Å². The van der Waals surface area contributed by atoms with Gasteiger partial charge in [0.25, 0.3) is 5.91 Å². The van der Waals surface area contributed by atoms with Crippen molar-refractivity contribution in [3.8, 4) is 11.1 Å². The largest absolute Gasteiger partial charge is 0.337 e. The molecule has 2 saturated heterocycles. The molecule has 1 aromatic carbocycles. The van der Waals surface area contributed by atoms with Crippen LogP contribution in [0.2, 0.25) is 0 Å². The van der Waals surface area contributed by atoms with E-state index in [0.717, 1.165) is 11.1 Å². The minimum Gasteiger partial charge on any atom is -0.337 e. The molecule has 6 nitrogen and oxygen atoms in total. The quantitative estimate of drug-likeness (QED) is 0.858. The summed E-state index contributed by atoms with van der Waals surface area (Å²) >= 11 is 0. The molecule has 1 amide bonds. The van der Waals surface area contributed by atoms with Gasteiger partial charge in [0.1, 0.15) is 0 Å². The molecule has 26 heavy (non-hydrogen) atoms. The van der Waals surface area contributed by atoms with E-state index in [4.69, 9.17) is 5.73 Å². The Labute approximate surface area is 153 Å². The lowest BCUT2D eigenvalue weighted by molar-refractivity contribution is 0.0785. The van der Waals surface area contributed by atoms with Crippen LogP contribution in [0, 0.1) is 12.8 Å². The van der Waals surface area contributed by atoms with Gasteiger partial charge < -0.3 is 10.6 Å². The smallest absolute Gasteiger partial charge is 0.256 e. The van der Waals surface area contributed by atoms with Crippen LogP contribution < -0.4 is 5.73 Å². The van der Waals surface area contributed by atoms with Crippen molar-refractivity contribution in [3.63, 3.8) is 0 Å². The second-order valence-corrected chi connectivity index (χ2v) is 9.36. The van der Waals surface area contributed by atoms with Gasteiger partial charge in [0, 0.05) is 31.2 Å². The second kappa shape index (κ2) is 6.17. The zero-order valence-electron chi connectivity index (χ0n) is 14.5. The lowest BCUT2D eigenvalue weighted by Gasteiger charge is -2.21. The van der Waals surface area contributed by atoms with Gasteiger partial charge in [-0.05, 0) is 24.1 Å². The number of hydrogen-bond acceptors (Lipinski definition) is 5. The fourth-order valence-electron chi connectivity index (χ4n) is 4.12. The molecule has 0 saturated carbocycles. The van der Waals surface area contributed by atoms with Crippen LogP contribution >= 0.6 is 0 Å². The molecule has 1 aromatic heterocycles. The first-order chi connectivity index (χ1) is 12.4. The first-order valence-electron chi connectivity index (χ1n) is 8.66. The van der Waals surface area contributed by atoms with Crippen LogP contribution in [0.25, 0.3) is 11.1 Å². The fraction of sp³-hybridized carbons (Fsp3) is 0.368. The normalized spacial score (nSPS) is 26.7. The average Bonchev–Trinajstić information content (AvgIpc) is 3.15. The monoisotopic (exact) mass is 371 g/mol. The molecule has 3 atom stereocenters. The minimum atomic E-state index is -3.23. The van der Waals surface area contributed by atoms with Crippen LogP contribution in [0.3, 0.4) is 0 Å². The van der Waals surface area contributed by atoms with Gasteiger partial charge in [-0.15, -0.1) is 0 Å². The summed E-state index contributed by atoms with van der Waals surface area (Å²) in [6.07, 6.45) is 1.69. The highest BCUT2D eigenvalue weighted by Gasteiger charge is 2.52. The number of carbonyl (C=O) groups excluding carboxylic acids is 1. The third-order valence-electron chi connectivity index (χ3n) is 5.47. The molecule has 2 aliphatic heterocycles. The molecule has 2 aromatic rings. The fourth-order valence-corrected chi connectivity index (χ4v) is 6.38. The zero-order chi connectivity index (χ0) is 18.5. The van der Waals surface area contributed by atoms with E-state index in [0.29, 0.717) is 17.8 Å². The molecular formula is C19H21N3O3S. The maximum absolute atomic E-state index is 13.3. The van der Waals surface area contributed by atoms with Crippen LogP contribution in [0.15, 0.2) is 42.6 Å². The van der Waals surface area contributed by atoms with Gasteiger partial charge in [-0.2, -0.15) is 0 Å². The van der Waals surface area contributed by atoms with E-state index < -0.39 is 21.1 Å².